The molecule has 2 unspecified atom stereocenters. The van der Waals surface area contributed by atoms with Crippen molar-refractivity contribution in [2.24, 2.45) is 0 Å². The molecule has 28 heavy (non-hydrogen) atoms. The Bertz CT molecular complexity index is 852. The fraction of sp³-hybridized carbons (Fsp3) is 0.391. The average molecular weight is 377 g/mol. The zero-order chi connectivity index (χ0) is 19.5. The van der Waals surface area contributed by atoms with Gasteiger partial charge in [0.25, 0.3) is 0 Å². The van der Waals surface area contributed by atoms with E-state index in [0.29, 0.717) is 12.3 Å². The molecule has 0 saturated carbocycles. The Morgan fingerprint density at radius 3 is 2.68 bits per heavy atom. The van der Waals surface area contributed by atoms with E-state index in [4.69, 9.17) is 0 Å². The number of anilines is 2. The molecule has 2 atom stereocenters. The van der Waals surface area contributed by atoms with Crippen molar-refractivity contribution in [1.29, 1.82) is 0 Å². The van der Waals surface area contributed by atoms with Crippen LogP contribution in [-0.4, -0.2) is 42.4 Å². The van der Waals surface area contributed by atoms with Crippen molar-refractivity contribution in [3.63, 3.8) is 0 Å². The second-order valence-electron chi connectivity index (χ2n) is 7.76. The van der Waals surface area contributed by atoms with Gasteiger partial charge in [-0.2, -0.15) is 0 Å². The Labute approximate surface area is 166 Å². The summed E-state index contributed by atoms with van der Waals surface area (Å²) in [5, 5.41) is 3.03. The normalized spacial score (nSPS) is 21.1. The van der Waals surface area contributed by atoms with E-state index in [0.717, 1.165) is 43.9 Å². The Balaban J connectivity index is 1.38. The number of rotatable bonds is 5. The monoisotopic (exact) mass is 377 g/mol. The van der Waals surface area contributed by atoms with Crippen LogP contribution in [0.4, 0.5) is 11.4 Å². The third kappa shape index (κ3) is 3.94. The highest BCUT2D eigenvalue weighted by molar-refractivity contribution is 5.98. The lowest BCUT2D eigenvalue weighted by atomic mass is 9.99. The van der Waals surface area contributed by atoms with Crippen LogP contribution in [0.25, 0.3) is 0 Å². The summed E-state index contributed by atoms with van der Waals surface area (Å²) in [6, 6.07) is 17.9. The molecule has 2 saturated heterocycles. The van der Waals surface area contributed by atoms with E-state index < -0.39 is 0 Å². The standard InChI is InChI=1S/C23H27N3O2/c1-17(25-14-12-19(16-25)18-7-3-2-4-8-18)23(28)24-20-9-5-10-21(15-20)26-13-6-11-22(26)27/h2-5,7-10,15,17,19H,6,11-14,16H2,1H3,(H,24,28). The third-order valence-corrected chi connectivity index (χ3v) is 5.92. The number of benzene rings is 2. The van der Waals surface area contributed by atoms with Gasteiger partial charge in [0, 0.05) is 30.9 Å². The third-order valence-electron chi connectivity index (χ3n) is 5.92. The van der Waals surface area contributed by atoms with Gasteiger partial charge in [-0.15, -0.1) is 0 Å². The van der Waals surface area contributed by atoms with Gasteiger partial charge < -0.3 is 10.2 Å². The lowest BCUT2D eigenvalue weighted by Crippen LogP contribution is -2.40. The summed E-state index contributed by atoms with van der Waals surface area (Å²) in [6.07, 6.45) is 2.57. The Morgan fingerprint density at radius 2 is 1.93 bits per heavy atom. The number of carbonyl (C=O) groups excluding carboxylic acids is 2. The number of hydrogen-bond acceptors (Lipinski definition) is 3. The van der Waals surface area contributed by atoms with E-state index in [1.165, 1.54) is 5.56 Å². The fourth-order valence-electron chi connectivity index (χ4n) is 4.22. The summed E-state index contributed by atoms with van der Waals surface area (Å²) in [6.45, 7) is 4.55. The first-order valence-electron chi connectivity index (χ1n) is 10.1. The summed E-state index contributed by atoms with van der Waals surface area (Å²) >= 11 is 0. The zero-order valence-corrected chi connectivity index (χ0v) is 16.3. The van der Waals surface area contributed by atoms with Crippen LogP contribution in [0.15, 0.2) is 54.6 Å². The van der Waals surface area contributed by atoms with E-state index in [1.54, 1.807) is 4.90 Å². The lowest BCUT2D eigenvalue weighted by molar-refractivity contribution is -0.120. The Kier molecular flexibility index (Phi) is 5.44. The van der Waals surface area contributed by atoms with Gasteiger partial charge in [-0.3, -0.25) is 14.5 Å². The van der Waals surface area contributed by atoms with Crippen LogP contribution in [0.1, 0.15) is 37.7 Å². The fourth-order valence-corrected chi connectivity index (χ4v) is 4.22. The van der Waals surface area contributed by atoms with Crippen molar-refractivity contribution in [3.8, 4) is 0 Å². The predicted molar refractivity (Wildman–Crippen MR) is 111 cm³/mol. The van der Waals surface area contributed by atoms with Crippen LogP contribution >= 0.6 is 0 Å². The van der Waals surface area contributed by atoms with Gasteiger partial charge in [-0.25, -0.2) is 0 Å². The Morgan fingerprint density at radius 1 is 1.11 bits per heavy atom. The Hall–Kier alpha value is -2.66. The van der Waals surface area contributed by atoms with Crippen molar-refractivity contribution in [2.45, 2.75) is 38.1 Å². The van der Waals surface area contributed by atoms with Crippen LogP contribution in [0, 0.1) is 0 Å². The molecule has 146 valence electrons. The molecule has 2 aliphatic heterocycles. The topological polar surface area (TPSA) is 52.7 Å². The molecule has 0 spiro atoms. The maximum absolute atomic E-state index is 12.8. The van der Waals surface area contributed by atoms with E-state index >= 15 is 0 Å². The largest absolute Gasteiger partial charge is 0.325 e. The van der Waals surface area contributed by atoms with Gasteiger partial charge in [0.1, 0.15) is 0 Å². The van der Waals surface area contributed by atoms with Crippen LogP contribution in [0.2, 0.25) is 0 Å². The molecule has 0 bridgehead atoms. The smallest absolute Gasteiger partial charge is 0.241 e. The van der Waals surface area contributed by atoms with Crippen LogP contribution in [-0.2, 0) is 9.59 Å². The average Bonchev–Trinajstić information content (AvgIpc) is 3.37. The number of nitrogens with one attached hydrogen (secondary N) is 1. The molecule has 0 aliphatic carbocycles. The molecule has 2 heterocycles. The van der Waals surface area contributed by atoms with Gasteiger partial charge in [-0.05, 0) is 56.0 Å². The van der Waals surface area contributed by atoms with Crippen molar-refractivity contribution in [1.82, 2.24) is 4.90 Å². The van der Waals surface area contributed by atoms with Gasteiger partial charge in [0.2, 0.25) is 11.8 Å². The first kappa shape index (κ1) is 18.7. The van der Waals surface area contributed by atoms with E-state index in [1.807, 2.05) is 37.3 Å². The first-order chi connectivity index (χ1) is 13.6. The summed E-state index contributed by atoms with van der Waals surface area (Å²) in [5.41, 5.74) is 2.95. The predicted octanol–water partition coefficient (Wildman–Crippen LogP) is 3.63. The minimum atomic E-state index is -0.189. The van der Waals surface area contributed by atoms with E-state index in [-0.39, 0.29) is 17.9 Å². The molecule has 2 amide bonds. The highest BCUT2D eigenvalue weighted by atomic mass is 16.2. The number of amides is 2. The molecule has 2 aromatic rings. The molecule has 2 aliphatic rings. The molecule has 5 heteroatoms. The molecule has 1 N–H and O–H groups in total. The van der Waals surface area contributed by atoms with Gasteiger partial charge >= 0.3 is 0 Å². The summed E-state index contributed by atoms with van der Waals surface area (Å²) in [7, 11) is 0. The second-order valence-corrected chi connectivity index (χ2v) is 7.76. The molecular formula is C23H27N3O2. The van der Waals surface area contributed by atoms with Gasteiger partial charge in [0.05, 0.1) is 6.04 Å². The number of likely N-dealkylation sites (tertiary alicyclic amines) is 1. The minimum absolute atomic E-state index is 0.00129. The molecule has 0 aromatic heterocycles. The number of hydrogen-bond donors (Lipinski definition) is 1. The highest BCUT2D eigenvalue weighted by Gasteiger charge is 2.30. The summed E-state index contributed by atoms with van der Waals surface area (Å²) in [5.74, 6) is 0.639. The summed E-state index contributed by atoms with van der Waals surface area (Å²) in [4.78, 5) is 28.8. The van der Waals surface area contributed by atoms with Crippen molar-refractivity contribution < 1.29 is 9.59 Å². The van der Waals surface area contributed by atoms with Crippen molar-refractivity contribution in [2.75, 3.05) is 29.9 Å². The van der Waals surface area contributed by atoms with Crippen LogP contribution in [0.5, 0.6) is 0 Å². The maximum Gasteiger partial charge on any atom is 0.241 e. The van der Waals surface area contributed by atoms with Gasteiger partial charge in [0.15, 0.2) is 0 Å². The van der Waals surface area contributed by atoms with E-state index in [2.05, 4.69) is 34.5 Å². The number of carbonyl (C=O) groups is 2. The summed E-state index contributed by atoms with van der Waals surface area (Å²) < 4.78 is 0. The lowest BCUT2D eigenvalue weighted by Gasteiger charge is -2.24. The molecular weight excluding hydrogens is 350 g/mol. The second kappa shape index (κ2) is 8.15. The molecule has 2 aromatic carbocycles. The number of nitrogens with zero attached hydrogens (tertiary/aromatic N) is 2. The minimum Gasteiger partial charge on any atom is -0.325 e. The molecule has 0 radical (unpaired) electrons. The van der Waals surface area contributed by atoms with Gasteiger partial charge in [-0.1, -0.05) is 36.4 Å². The first-order valence-corrected chi connectivity index (χ1v) is 10.1. The molecule has 2 fully saturated rings. The van der Waals surface area contributed by atoms with Crippen molar-refractivity contribution >= 4 is 23.2 Å². The van der Waals surface area contributed by atoms with E-state index in [9.17, 15) is 9.59 Å². The SMILES string of the molecule is CC(C(=O)Nc1cccc(N2CCCC2=O)c1)N1CCC(c2ccccc2)C1. The van der Waals surface area contributed by atoms with Crippen LogP contribution < -0.4 is 10.2 Å². The van der Waals surface area contributed by atoms with Crippen LogP contribution in [0.3, 0.4) is 0 Å². The van der Waals surface area contributed by atoms with Crippen molar-refractivity contribution in [3.05, 3.63) is 60.2 Å². The molecule has 5 nitrogen and oxygen atoms in total. The molecule has 4 rings (SSSR count). The highest BCUT2D eigenvalue weighted by Crippen LogP contribution is 2.29. The quantitative estimate of drug-likeness (QED) is 0.866. The maximum atomic E-state index is 12.8. The zero-order valence-electron chi connectivity index (χ0n) is 16.3.